The number of hydrogen-bond donors (Lipinski definition) is 2. The number of aliphatic hydroxyl groups is 1. The molecule has 2 nitrogen and oxygen atoms in total. The lowest BCUT2D eigenvalue weighted by atomic mass is 10.1. The van der Waals surface area contributed by atoms with Crippen molar-refractivity contribution in [2.24, 2.45) is 0 Å². The van der Waals surface area contributed by atoms with Crippen molar-refractivity contribution >= 4 is 0 Å². The molecule has 0 aliphatic rings. The van der Waals surface area contributed by atoms with E-state index >= 15 is 0 Å². The summed E-state index contributed by atoms with van der Waals surface area (Å²) in [6.07, 6.45) is 4.84. The molecule has 0 aromatic rings. The van der Waals surface area contributed by atoms with Crippen molar-refractivity contribution in [3.05, 3.63) is 12.7 Å². The van der Waals surface area contributed by atoms with Gasteiger partial charge in [0, 0.05) is 12.6 Å². The standard InChI is InChI=1S/C9H19NO/c1-3-5-7-10-9(4-2)6-8-11/h3,9-11H,1,4-8H2,2H3. The van der Waals surface area contributed by atoms with Crippen molar-refractivity contribution < 1.29 is 5.11 Å². The molecule has 66 valence electrons. The second-order valence-corrected chi connectivity index (χ2v) is 2.65. The molecular formula is C9H19NO. The van der Waals surface area contributed by atoms with Crippen LogP contribution in [0.15, 0.2) is 12.7 Å². The Labute approximate surface area is 69.3 Å². The highest BCUT2D eigenvalue weighted by Crippen LogP contribution is 1.95. The quantitative estimate of drug-likeness (QED) is 0.431. The van der Waals surface area contributed by atoms with E-state index in [0.717, 1.165) is 25.8 Å². The molecule has 1 atom stereocenters. The van der Waals surface area contributed by atoms with Crippen LogP contribution in [-0.2, 0) is 0 Å². The van der Waals surface area contributed by atoms with Gasteiger partial charge in [0.25, 0.3) is 0 Å². The minimum Gasteiger partial charge on any atom is -0.396 e. The largest absolute Gasteiger partial charge is 0.396 e. The van der Waals surface area contributed by atoms with Crippen LogP contribution in [0.2, 0.25) is 0 Å². The summed E-state index contributed by atoms with van der Waals surface area (Å²) in [6.45, 7) is 7.02. The monoisotopic (exact) mass is 157 g/mol. The van der Waals surface area contributed by atoms with Crippen LogP contribution in [0.3, 0.4) is 0 Å². The number of aliphatic hydroxyl groups excluding tert-OH is 1. The molecular weight excluding hydrogens is 138 g/mol. The molecule has 0 spiro atoms. The summed E-state index contributed by atoms with van der Waals surface area (Å²) in [5.74, 6) is 0. The average Bonchev–Trinajstić information content (AvgIpc) is 2.03. The minimum absolute atomic E-state index is 0.277. The predicted octanol–water partition coefficient (Wildman–Crippen LogP) is 1.31. The van der Waals surface area contributed by atoms with E-state index in [9.17, 15) is 0 Å². The fraction of sp³-hybridized carbons (Fsp3) is 0.778. The van der Waals surface area contributed by atoms with Gasteiger partial charge in [0.2, 0.25) is 0 Å². The maximum atomic E-state index is 8.66. The van der Waals surface area contributed by atoms with Crippen LogP contribution in [0.4, 0.5) is 0 Å². The normalized spacial score (nSPS) is 12.9. The van der Waals surface area contributed by atoms with Crippen molar-refractivity contribution in [2.75, 3.05) is 13.2 Å². The Morgan fingerprint density at radius 2 is 2.36 bits per heavy atom. The van der Waals surface area contributed by atoms with Gasteiger partial charge in [-0.25, -0.2) is 0 Å². The second-order valence-electron chi connectivity index (χ2n) is 2.65. The van der Waals surface area contributed by atoms with Gasteiger partial charge in [0.1, 0.15) is 0 Å². The first kappa shape index (κ1) is 10.7. The lowest BCUT2D eigenvalue weighted by molar-refractivity contribution is 0.263. The van der Waals surface area contributed by atoms with Crippen molar-refractivity contribution in [3.63, 3.8) is 0 Å². The molecule has 0 aliphatic heterocycles. The van der Waals surface area contributed by atoms with E-state index < -0.39 is 0 Å². The lowest BCUT2D eigenvalue weighted by Gasteiger charge is -2.14. The van der Waals surface area contributed by atoms with Gasteiger partial charge in [-0.3, -0.25) is 0 Å². The molecule has 1 unspecified atom stereocenters. The molecule has 0 saturated carbocycles. The summed E-state index contributed by atoms with van der Waals surface area (Å²) in [4.78, 5) is 0. The van der Waals surface area contributed by atoms with E-state index in [1.165, 1.54) is 0 Å². The molecule has 0 rings (SSSR count). The summed E-state index contributed by atoms with van der Waals surface area (Å²) in [5.41, 5.74) is 0. The van der Waals surface area contributed by atoms with Gasteiger partial charge in [-0.05, 0) is 25.8 Å². The van der Waals surface area contributed by atoms with Gasteiger partial charge in [-0.15, -0.1) is 6.58 Å². The van der Waals surface area contributed by atoms with Gasteiger partial charge in [0.05, 0.1) is 0 Å². The topological polar surface area (TPSA) is 32.3 Å². The van der Waals surface area contributed by atoms with Crippen LogP contribution in [0.25, 0.3) is 0 Å². The number of nitrogens with one attached hydrogen (secondary N) is 1. The van der Waals surface area contributed by atoms with Crippen molar-refractivity contribution in [2.45, 2.75) is 32.2 Å². The van der Waals surface area contributed by atoms with Gasteiger partial charge < -0.3 is 10.4 Å². The molecule has 0 saturated heterocycles. The smallest absolute Gasteiger partial charge is 0.0445 e. The molecule has 0 radical (unpaired) electrons. The van der Waals surface area contributed by atoms with Crippen LogP contribution >= 0.6 is 0 Å². The summed E-state index contributed by atoms with van der Waals surface area (Å²) in [6, 6.07) is 0.472. The lowest BCUT2D eigenvalue weighted by Crippen LogP contribution is -2.29. The first-order chi connectivity index (χ1) is 5.35. The molecule has 0 aromatic heterocycles. The van der Waals surface area contributed by atoms with Crippen LogP contribution in [0.5, 0.6) is 0 Å². The van der Waals surface area contributed by atoms with E-state index in [1.54, 1.807) is 0 Å². The Bertz CT molecular complexity index is 93.6. The van der Waals surface area contributed by atoms with Gasteiger partial charge in [-0.1, -0.05) is 13.0 Å². The molecule has 0 amide bonds. The van der Waals surface area contributed by atoms with Crippen molar-refractivity contribution in [3.8, 4) is 0 Å². The van der Waals surface area contributed by atoms with Crippen LogP contribution in [-0.4, -0.2) is 24.3 Å². The predicted molar refractivity (Wildman–Crippen MR) is 48.6 cm³/mol. The number of rotatable bonds is 7. The third-order valence-corrected chi connectivity index (χ3v) is 1.75. The van der Waals surface area contributed by atoms with Gasteiger partial charge in [-0.2, -0.15) is 0 Å². The van der Waals surface area contributed by atoms with E-state index in [2.05, 4.69) is 18.8 Å². The Hall–Kier alpha value is -0.340. The average molecular weight is 157 g/mol. The molecule has 0 aliphatic carbocycles. The Morgan fingerprint density at radius 1 is 1.64 bits per heavy atom. The fourth-order valence-electron chi connectivity index (χ4n) is 0.996. The third-order valence-electron chi connectivity index (χ3n) is 1.75. The Balaban J connectivity index is 3.27. The zero-order valence-electron chi connectivity index (χ0n) is 7.34. The van der Waals surface area contributed by atoms with Crippen molar-refractivity contribution in [1.29, 1.82) is 0 Å². The zero-order chi connectivity index (χ0) is 8.53. The van der Waals surface area contributed by atoms with E-state index in [0.29, 0.717) is 6.04 Å². The van der Waals surface area contributed by atoms with Gasteiger partial charge >= 0.3 is 0 Å². The van der Waals surface area contributed by atoms with E-state index in [-0.39, 0.29) is 6.61 Å². The molecule has 0 heterocycles. The highest BCUT2D eigenvalue weighted by Gasteiger charge is 2.01. The fourth-order valence-corrected chi connectivity index (χ4v) is 0.996. The summed E-state index contributed by atoms with van der Waals surface area (Å²) < 4.78 is 0. The second kappa shape index (κ2) is 7.76. The molecule has 2 N–H and O–H groups in total. The summed E-state index contributed by atoms with van der Waals surface area (Å²) in [5, 5.41) is 12.0. The maximum Gasteiger partial charge on any atom is 0.0445 e. The Kier molecular flexibility index (Phi) is 7.52. The highest BCUT2D eigenvalue weighted by atomic mass is 16.3. The molecule has 0 fully saturated rings. The summed E-state index contributed by atoms with van der Waals surface area (Å²) in [7, 11) is 0. The molecule has 0 bridgehead atoms. The molecule has 2 heteroatoms. The first-order valence-electron chi connectivity index (χ1n) is 4.30. The molecule has 11 heavy (non-hydrogen) atoms. The number of hydrogen-bond acceptors (Lipinski definition) is 2. The minimum atomic E-state index is 0.277. The molecule has 0 aromatic carbocycles. The van der Waals surface area contributed by atoms with Crippen LogP contribution < -0.4 is 5.32 Å². The SMILES string of the molecule is C=CCCNC(CC)CCO. The first-order valence-corrected chi connectivity index (χ1v) is 4.30. The maximum absolute atomic E-state index is 8.66. The van der Waals surface area contributed by atoms with Crippen molar-refractivity contribution in [1.82, 2.24) is 5.32 Å². The van der Waals surface area contributed by atoms with Crippen LogP contribution in [0.1, 0.15) is 26.2 Å². The van der Waals surface area contributed by atoms with E-state index in [1.807, 2.05) is 6.08 Å². The zero-order valence-corrected chi connectivity index (χ0v) is 7.34. The Morgan fingerprint density at radius 3 is 2.82 bits per heavy atom. The van der Waals surface area contributed by atoms with Gasteiger partial charge in [0.15, 0.2) is 0 Å². The third kappa shape index (κ3) is 6.07. The van der Waals surface area contributed by atoms with E-state index in [4.69, 9.17) is 5.11 Å². The summed E-state index contributed by atoms with van der Waals surface area (Å²) >= 11 is 0. The van der Waals surface area contributed by atoms with Crippen LogP contribution in [0, 0.1) is 0 Å². The highest BCUT2D eigenvalue weighted by molar-refractivity contribution is 4.70.